The highest BCUT2D eigenvalue weighted by Crippen LogP contribution is 2.26. The third kappa shape index (κ3) is 1.32. The average molecular weight is 216 g/mol. The van der Waals surface area contributed by atoms with Crippen LogP contribution < -0.4 is 5.73 Å². The molecule has 1 aromatic heterocycles. The molecule has 0 atom stereocenters. The van der Waals surface area contributed by atoms with Crippen LogP contribution in [0.1, 0.15) is 5.56 Å². The molecule has 0 radical (unpaired) electrons. The number of hydrogen-bond acceptors (Lipinski definition) is 4. The Morgan fingerprint density at radius 2 is 2.36 bits per heavy atom. The molecule has 5 heteroatoms. The fourth-order valence-electron chi connectivity index (χ4n) is 0.648. The topological polar surface area (TPSA) is 83.0 Å². The molecule has 0 amide bonds. The van der Waals surface area contributed by atoms with Crippen molar-refractivity contribution in [3.8, 4) is 5.88 Å². The second-order valence-corrected chi connectivity index (χ2v) is 2.76. The highest BCUT2D eigenvalue weighted by molar-refractivity contribution is 9.10. The van der Waals surface area contributed by atoms with E-state index in [2.05, 4.69) is 20.9 Å². The van der Waals surface area contributed by atoms with Crippen LogP contribution in [0.4, 0.5) is 5.69 Å². The minimum atomic E-state index is -0.222. The summed E-state index contributed by atoms with van der Waals surface area (Å²) in [6.07, 6.45) is 2.35. The molecule has 1 rings (SSSR count). The molecule has 0 bridgehead atoms. The van der Waals surface area contributed by atoms with Gasteiger partial charge in [0.1, 0.15) is 0 Å². The van der Waals surface area contributed by atoms with Gasteiger partial charge in [-0.25, -0.2) is 4.98 Å². The van der Waals surface area contributed by atoms with Crippen LogP contribution in [-0.2, 0) is 0 Å². The number of nitrogens with two attached hydrogens (primary N) is 1. The van der Waals surface area contributed by atoms with Gasteiger partial charge in [-0.05, 0) is 15.9 Å². The zero-order valence-corrected chi connectivity index (χ0v) is 7.09. The molecule has 1 aromatic rings. The first-order valence-corrected chi connectivity index (χ1v) is 3.59. The van der Waals surface area contributed by atoms with Crippen LogP contribution in [0.15, 0.2) is 10.7 Å². The number of rotatable bonds is 1. The molecule has 0 fully saturated rings. The van der Waals surface area contributed by atoms with Crippen LogP contribution >= 0.6 is 15.9 Å². The minimum absolute atomic E-state index is 0.222. The first kappa shape index (κ1) is 8.00. The molecular weight excluding hydrogens is 210 g/mol. The highest BCUT2D eigenvalue weighted by Gasteiger charge is 2.06. The Kier molecular flexibility index (Phi) is 2.09. The largest absolute Gasteiger partial charge is 0.493 e. The van der Waals surface area contributed by atoms with Crippen molar-refractivity contribution in [2.75, 3.05) is 5.73 Å². The second kappa shape index (κ2) is 2.87. The van der Waals surface area contributed by atoms with E-state index in [4.69, 9.17) is 16.2 Å². The van der Waals surface area contributed by atoms with E-state index >= 15 is 0 Å². The van der Waals surface area contributed by atoms with Gasteiger partial charge in [-0.3, -0.25) is 0 Å². The molecule has 0 saturated carbocycles. The molecule has 4 N–H and O–H groups in total. The Bertz CT molecular complexity index is 300. The van der Waals surface area contributed by atoms with Gasteiger partial charge in [0.25, 0.3) is 0 Å². The smallest absolute Gasteiger partial charge is 0.221 e. The SMILES string of the molecule is N=Cc1c(O)ncc(Br)c1N. The number of hydrogen-bond donors (Lipinski definition) is 3. The van der Waals surface area contributed by atoms with E-state index in [1.165, 1.54) is 6.20 Å². The normalized spacial score (nSPS) is 9.55. The Morgan fingerprint density at radius 1 is 1.73 bits per heavy atom. The van der Waals surface area contributed by atoms with Gasteiger partial charge in [0.05, 0.1) is 15.7 Å². The maximum absolute atomic E-state index is 9.05. The lowest BCUT2D eigenvalue weighted by Crippen LogP contribution is -1.96. The quantitative estimate of drug-likeness (QED) is 0.615. The van der Waals surface area contributed by atoms with Gasteiger partial charge in [-0.2, -0.15) is 0 Å². The summed E-state index contributed by atoms with van der Waals surface area (Å²) in [4.78, 5) is 3.59. The summed E-state index contributed by atoms with van der Waals surface area (Å²) in [6.45, 7) is 0. The van der Waals surface area contributed by atoms with Crippen LogP contribution in [0.3, 0.4) is 0 Å². The van der Waals surface area contributed by atoms with E-state index in [0.29, 0.717) is 10.2 Å². The maximum atomic E-state index is 9.05. The van der Waals surface area contributed by atoms with E-state index in [1.54, 1.807) is 0 Å². The van der Waals surface area contributed by atoms with Crippen molar-refractivity contribution in [1.29, 1.82) is 5.41 Å². The summed E-state index contributed by atoms with van der Waals surface area (Å²) in [5.41, 5.74) is 6.06. The molecule has 11 heavy (non-hydrogen) atoms. The van der Waals surface area contributed by atoms with Gasteiger partial charge in [0.2, 0.25) is 5.88 Å². The van der Waals surface area contributed by atoms with E-state index in [1.807, 2.05) is 0 Å². The summed E-state index contributed by atoms with van der Waals surface area (Å²) < 4.78 is 0.578. The van der Waals surface area contributed by atoms with E-state index < -0.39 is 0 Å². The van der Waals surface area contributed by atoms with Crippen molar-refractivity contribution < 1.29 is 5.11 Å². The zero-order chi connectivity index (χ0) is 8.43. The molecule has 0 aliphatic heterocycles. The lowest BCUT2D eigenvalue weighted by molar-refractivity contribution is 0.453. The van der Waals surface area contributed by atoms with Gasteiger partial charge in [0, 0.05) is 12.4 Å². The van der Waals surface area contributed by atoms with Crippen molar-refractivity contribution in [3.63, 3.8) is 0 Å². The van der Waals surface area contributed by atoms with Crippen LogP contribution in [0, 0.1) is 5.41 Å². The van der Waals surface area contributed by atoms with Gasteiger partial charge in [-0.15, -0.1) is 0 Å². The molecule has 0 saturated heterocycles. The molecule has 0 aromatic carbocycles. The van der Waals surface area contributed by atoms with Gasteiger partial charge in [-0.1, -0.05) is 0 Å². The molecule has 4 nitrogen and oxygen atoms in total. The standard InChI is InChI=1S/C6H6BrN3O/c7-4-2-10-6(11)3(1-8)5(4)9/h1-2,8H,(H3,9,10,11). The van der Waals surface area contributed by atoms with Gasteiger partial charge >= 0.3 is 0 Å². The Balaban J connectivity index is 3.40. The molecule has 1 heterocycles. The Hall–Kier alpha value is -1.10. The van der Waals surface area contributed by atoms with Crippen molar-refractivity contribution in [2.45, 2.75) is 0 Å². The molecule has 0 aliphatic rings. The number of nitrogen functional groups attached to an aromatic ring is 1. The number of halogens is 1. The van der Waals surface area contributed by atoms with E-state index in [0.717, 1.165) is 6.21 Å². The third-order valence-electron chi connectivity index (χ3n) is 1.23. The van der Waals surface area contributed by atoms with Gasteiger partial charge < -0.3 is 16.2 Å². The second-order valence-electron chi connectivity index (χ2n) is 1.90. The van der Waals surface area contributed by atoms with Crippen LogP contribution in [0.2, 0.25) is 0 Å². The van der Waals surface area contributed by atoms with Gasteiger partial charge in [0.15, 0.2) is 0 Å². The molecule has 0 spiro atoms. The summed E-state index contributed by atoms with van der Waals surface area (Å²) >= 11 is 3.12. The lowest BCUT2D eigenvalue weighted by Gasteiger charge is -2.02. The Morgan fingerprint density at radius 3 is 2.82 bits per heavy atom. The van der Waals surface area contributed by atoms with Crippen LogP contribution in [-0.4, -0.2) is 16.3 Å². The number of aromatic nitrogens is 1. The summed E-state index contributed by atoms with van der Waals surface area (Å²) in [7, 11) is 0. The van der Waals surface area contributed by atoms with Crippen LogP contribution in [0.5, 0.6) is 5.88 Å². The lowest BCUT2D eigenvalue weighted by atomic mass is 10.2. The van der Waals surface area contributed by atoms with Crippen LogP contribution in [0.25, 0.3) is 0 Å². The molecule has 0 unspecified atom stereocenters. The van der Waals surface area contributed by atoms with E-state index in [9.17, 15) is 0 Å². The average Bonchev–Trinajstić information content (AvgIpc) is 1.99. The number of pyridine rings is 1. The highest BCUT2D eigenvalue weighted by atomic mass is 79.9. The van der Waals surface area contributed by atoms with Crippen molar-refractivity contribution in [3.05, 3.63) is 16.2 Å². The summed E-state index contributed by atoms with van der Waals surface area (Å²) in [6, 6.07) is 0. The summed E-state index contributed by atoms with van der Waals surface area (Å²) in [5, 5.41) is 15.9. The molecule has 0 aliphatic carbocycles. The minimum Gasteiger partial charge on any atom is -0.493 e. The van der Waals surface area contributed by atoms with Crippen molar-refractivity contribution in [2.24, 2.45) is 0 Å². The Labute approximate surface area is 71.7 Å². The fraction of sp³-hybridized carbons (Fsp3) is 0. The monoisotopic (exact) mass is 215 g/mol. The molecular formula is C6H6BrN3O. The van der Waals surface area contributed by atoms with E-state index in [-0.39, 0.29) is 11.4 Å². The first-order valence-electron chi connectivity index (χ1n) is 2.80. The predicted molar refractivity (Wildman–Crippen MR) is 45.9 cm³/mol. The number of nitrogens with one attached hydrogen (secondary N) is 1. The maximum Gasteiger partial charge on any atom is 0.221 e. The predicted octanol–water partition coefficient (Wildman–Crippen LogP) is 1.13. The number of nitrogens with zero attached hydrogens (tertiary/aromatic N) is 1. The zero-order valence-electron chi connectivity index (χ0n) is 5.50. The number of aromatic hydroxyl groups is 1. The fourth-order valence-corrected chi connectivity index (χ4v) is 0.964. The number of anilines is 1. The third-order valence-corrected chi connectivity index (χ3v) is 1.86. The summed E-state index contributed by atoms with van der Waals surface area (Å²) in [5.74, 6) is -0.222. The van der Waals surface area contributed by atoms with Crippen molar-refractivity contribution in [1.82, 2.24) is 4.98 Å². The van der Waals surface area contributed by atoms with Crippen molar-refractivity contribution >= 4 is 27.8 Å². The molecule has 58 valence electrons. The first-order chi connectivity index (χ1) is 5.16.